The van der Waals surface area contributed by atoms with E-state index in [2.05, 4.69) is 26.1 Å². The van der Waals surface area contributed by atoms with E-state index in [-0.39, 0.29) is 12.0 Å². The maximum Gasteiger partial charge on any atom is 0.414 e. The van der Waals surface area contributed by atoms with E-state index in [1.807, 2.05) is 39.0 Å². The number of nitrogens with zero attached hydrogens (tertiary/aromatic N) is 2. The van der Waals surface area contributed by atoms with Gasteiger partial charge in [-0.2, -0.15) is 5.10 Å². The molecule has 1 aliphatic carbocycles. The van der Waals surface area contributed by atoms with E-state index in [1.54, 1.807) is 4.90 Å². The highest BCUT2D eigenvalue weighted by Gasteiger charge is 2.33. The van der Waals surface area contributed by atoms with Crippen molar-refractivity contribution in [1.29, 1.82) is 0 Å². The number of benzene rings is 1. The minimum absolute atomic E-state index is 0.152. The first-order chi connectivity index (χ1) is 17.6. The van der Waals surface area contributed by atoms with Crippen LogP contribution in [0.25, 0.3) is 11.3 Å². The molecule has 1 fully saturated rings. The summed E-state index contributed by atoms with van der Waals surface area (Å²) in [5, 5.41) is 16.6. The fourth-order valence-electron chi connectivity index (χ4n) is 4.53. The van der Waals surface area contributed by atoms with E-state index in [9.17, 15) is 14.4 Å². The average Bonchev–Trinajstić information content (AvgIpc) is 3.33. The van der Waals surface area contributed by atoms with Gasteiger partial charge in [0.05, 0.1) is 18.8 Å². The third-order valence-corrected chi connectivity index (χ3v) is 6.18. The number of aromatic nitrogens is 2. The van der Waals surface area contributed by atoms with Crippen LogP contribution in [0.1, 0.15) is 51.7 Å². The Morgan fingerprint density at radius 1 is 1.22 bits per heavy atom. The second-order valence-corrected chi connectivity index (χ2v) is 10.4. The topological polar surface area (TPSA) is 138 Å². The number of carbonyl (C=O) groups is 3. The highest BCUT2D eigenvalue weighted by atomic mass is 16.6. The number of cyclic esters (lactones) is 1. The van der Waals surface area contributed by atoms with Crippen LogP contribution in [0.5, 0.6) is 0 Å². The zero-order chi connectivity index (χ0) is 26.6. The van der Waals surface area contributed by atoms with Gasteiger partial charge in [0.15, 0.2) is 5.82 Å². The molecule has 3 amide bonds. The van der Waals surface area contributed by atoms with Crippen molar-refractivity contribution in [2.24, 2.45) is 0 Å². The van der Waals surface area contributed by atoms with Gasteiger partial charge in [0.25, 0.3) is 0 Å². The minimum atomic E-state index is -0.514. The van der Waals surface area contributed by atoms with Gasteiger partial charge in [0.2, 0.25) is 5.91 Å². The molecule has 0 radical (unpaired) electrons. The molecule has 1 aliphatic heterocycles. The minimum Gasteiger partial charge on any atom is -0.444 e. The smallest absolute Gasteiger partial charge is 0.414 e. The number of fused-ring (bicyclic) bond motifs is 3. The van der Waals surface area contributed by atoms with Crippen LogP contribution >= 0.6 is 0 Å². The van der Waals surface area contributed by atoms with Crippen LogP contribution in [0.2, 0.25) is 0 Å². The number of nitrogens with one attached hydrogen (secondary N) is 4. The van der Waals surface area contributed by atoms with Crippen LogP contribution in [-0.4, -0.2) is 66.2 Å². The molecule has 4 N–H and O–H groups in total. The molecular weight excluding hydrogens is 476 g/mol. The molecular formula is C26H36N6O5. The van der Waals surface area contributed by atoms with Gasteiger partial charge in [-0.25, -0.2) is 9.59 Å². The third-order valence-electron chi connectivity index (χ3n) is 6.18. The molecule has 11 heteroatoms. The molecule has 1 atom stereocenters. The summed E-state index contributed by atoms with van der Waals surface area (Å²) in [6.45, 7) is 8.81. The lowest BCUT2D eigenvalue weighted by Crippen LogP contribution is -2.33. The monoisotopic (exact) mass is 512 g/mol. The van der Waals surface area contributed by atoms with Crippen molar-refractivity contribution in [2.75, 3.05) is 36.4 Å². The molecule has 1 unspecified atom stereocenters. The number of carbonyl (C=O) groups excluding carboxylic acids is 3. The number of hydrogen-bond donors (Lipinski definition) is 4. The van der Waals surface area contributed by atoms with Crippen molar-refractivity contribution in [3.05, 3.63) is 29.3 Å². The summed E-state index contributed by atoms with van der Waals surface area (Å²) in [5.74, 6) is 0.675. The summed E-state index contributed by atoms with van der Waals surface area (Å²) in [7, 11) is 0. The van der Waals surface area contributed by atoms with Crippen LogP contribution in [0, 0.1) is 0 Å². The molecule has 2 heterocycles. The van der Waals surface area contributed by atoms with Gasteiger partial charge in [0, 0.05) is 36.8 Å². The number of ether oxygens (including phenoxy) is 2. The van der Waals surface area contributed by atoms with Crippen LogP contribution in [-0.2, 0) is 27.1 Å². The van der Waals surface area contributed by atoms with E-state index >= 15 is 0 Å². The van der Waals surface area contributed by atoms with Gasteiger partial charge < -0.3 is 25.4 Å². The van der Waals surface area contributed by atoms with Gasteiger partial charge >= 0.3 is 12.2 Å². The normalized spacial score (nSPS) is 16.8. The lowest BCUT2D eigenvalue weighted by atomic mass is 10.0. The summed E-state index contributed by atoms with van der Waals surface area (Å²) in [6.07, 6.45) is 2.24. The quantitative estimate of drug-likeness (QED) is 0.398. The van der Waals surface area contributed by atoms with Crippen molar-refractivity contribution in [3.63, 3.8) is 0 Å². The van der Waals surface area contributed by atoms with E-state index in [1.165, 1.54) is 6.92 Å². The number of amides is 3. The first-order valence-corrected chi connectivity index (χ1v) is 12.7. The Labute approximate surface area is 216 Å². The maximum atomic E-state index is 12.4. The first kappa shape index (κ1) is 26.3. The lowest BCUT2D eigenvalue weighted by molar-refractivity contribution is -0.119. The number of aromatic amines is 1. The first-order valence-electron chi connectivity index (χ1n) is 12.7. The fourth-order valence-corrected chi connectivity index (χ4v) is 4.53. The van der Waals surface area contributed by atoms with E-state index in [4.69, 9.17) is 9.47 Å². The van der Waals surface area contributed by atoms with Gasteiger partial charge in [0.1, 0.15) is 11.7 Å². The van der Waals surface area contributed by atoms with E-state index < -0.39 is 17.8 Å². The SMILES string of the molecule is CC(=O)NCC1CN(c2ccc3c(c2)CCCc2c(NCCCNC(=O)OC(C)(C)C)n[nH]c2-3)C(=O)O1. The van der Waals surface area contributed by atoms with Crippen molar-refractivity contribution in [3.8, 4) is 11.3 Å². The summed E-state index contributed by atoms with van der Waals surface area (Å²) in [4.78, 5) is 37.0. The molecule has 2 aliphatic rings. The predicted molar refractivity (Wildman–Crippen MR) is 140 cm³/mol. The number of anilines is 2. The molecule has 1 saturated heterocycles. The van der Waals surface area contributed by atoms with Gasteiger partial charge in [-0.15, -0.1) is 0 Å². The zero-order valence-corrected chi connectivity index (χ0v) is 21.9. The molecule has 200 valence electrons. The molecule has 0 bridgehead atoms. The molecule has 1 aromatic carbocycles. The highest BCUT2D eigenvalue weighted by molar-refractivity contribution is 5.90. The van der Waals surface area contributed by atoms with Crippen LogP contribution < -0.4 is 20.9 Å². The molecule has 4 rings (SSSR count). The third kappa shape index (κ3) is 6.72. The Balaban J connectivity index is 1.37. The van der Waals surface area contributed by atoms with Crippen molar-refractivity contribution in [1.82, 2.24) is 20.8 Å². The number of rotatable bonds is 8. The average molecular weight is 513 g/mol. The summed E-state index contributed by atoms with van der Waals surface area (Å²) in [5.41, 5.74) is 4.62. The Morgan fingerprint density at radius 3 is 2.78 bits per heavy atom. The highest BCUT2D eigenvalue weighted by Crippen LogP contribution is 2.37. The van der Waals surface area contributed by atoms with E-state index in [0.29, 0.717) is 26.2 Å². The largest absolute Gasteiger partial charge is 0.444 e. The fraction of sp³-hybridized carbons (Fsp3) is 0.538. The Morgan fingerprint density at radius 2 is 2.03 bits per heavy atom. The van der Waals surface area contributed by atoms with Crippen LogP contribution in [0.4, 0.5) is 21.1 Å². The predicted octanol–water partition coefficient (Wildman–Crippen LogP) is 3.35. The van der Waals surface area contributed by atoms with Crippen molar-refractivity contribution in [2.45, 2.75) is 65.1 Å². The zero-order valence-electron chi connectivity index (χ0n) is 21.9. The lowest BCUT2D eigenvalue weighted by Gasteiger charge is -2.19. The number of aryl methyl sites for hydroxylation is 1. The van der Waals surface area contributed by atoms with Crippen LogP contribution in [0.15, 0.2) is 18.2 Å². The summed E-state index contributed by atoms with van der Waals surface area (Å²) >= 11 is 0. The van der Waals surface area contributed by atoms with Crippen molar-refractivity contribution < 1.29 is 23.9 Å². The second-order valence-electron chi connectivity index (χ2n) is 10.4. The number of hydrogen-bond acceptors (Lipinski definition) is 7. The molecule has 11 nitrogen and oxygen atoms in total. The van der Waals surface area contributed by atoms with Gasteiger partial charge in [-0.3, -0.25) is 14.8 Å². The Kier molecular flexibility index (Phi) is 7.89. The van der Waals surface area contributed by atoms with E-state index in [0.717, 1.165) is 59.6 Å². The Bertz CT molecular complexity index is 1150. The molecule has 2 aromatic rings. The standard InChI is InChI=1S/C26H36N6O5/c1-16(33)29-14-19-15-32(25(35)36-19)18-9-10-20-17(13-18)7-5-8-21-22(20)30-31-23(21)27-11-6-12-28-24(34)37-26(2,3)4/h9-10,13,19H,5-8,11-12,14-15H2,1-4H3,(H,28,34)(H,29,33)(H2,27,30,31). The molecule has 0 spiro atoms. The molecule has 0 saturated carbocycles. The second kappa shape index (κ2) is 11.1. The number of alkyl carbamates (subject to hydrolysis) is 1. The van der Waals surface area contributed by atoms with Crippen molar-refractivity contribution >= 4 is 29.6 Å². The summed E-state index contributed by atoms with van der Waals surface area (Å²) in [6, 6.07) is 5.99. The summed E-state index contributed by atoms with van der Waals surface area (Å²) < 4.78 is 10.7. The van der Waals surface area contributed by atoms with Crippen LogP contribution in [0.3, 0.4) is 0 Å². The van der Waals surface area contributed by atoms with Gasteiger partial charge in [-0.1, -0.05) is 6.07 Å². The van der Waals surface area contributed by atoms with Gasteiger partial charge in [-0.05, 0) is 64.2 Å². The molecule has 37 heavy (non-hydrogen) atoms. The Hall–Kier alpha value is -3.76. The number of H-pyrrole nitrogens is 1. The molecule has 1 aromatic heterocycles. The maximum absolute atomic E-state index is 12.4.